The maximum absolute atomic E-state index is 9.15. The molecule has 0 aromatic carbocycles. The zero-order valence-corrected chi connectivity index (χ0v) is 10.5. The topological polar surface area (TPSA) is 63.8 Å². The molecule has 1 fully saturated rings. The van der Waals surface area contributed by atoms with Crippen molar-refractivity contribution in [2.45, 2.75) is 23.5 Å². The third-order valence-electron chi connectivity index (χ3n) is 2.91. The molecule has 1 unspecified atom stereocenters. The molecule has 90 valence electrons. The van der Waals surface area contributed by atoms with Crippen molar-refractivity contribution in [3.63, 3.8) is 0 Å². The van der Waals surface area contributed by atoms with Gasteiger partial charge in [0.15, 0.2) is 10.8 Å². The monoisotopic (exact) mass is 270 g/mol. The average Bonchev–Trinajstić information content (AvgIpc) is 2.94. The molecule has 0 spiro atoms. The van der Waals surface area contributed by atoms with Gasteiger partial charge in [-0.1, -0.05) is 11.6 Å². The SMILES string of the molecule is OC[C@@H]1CCC(n2cnc3c(Cl)ncnc32)S1. The molecule has 1 aliphatic rings. The summed E-state index contributed by atoms with van der Waals surface area (Å²) in [5.41, 5.74) is 1.41. The zero-order chi connectivity index (χ0) is 11.8. The van der Waals surface area contributed by atoms with Crippen LogP contribution in [0.4, 0.5) is 0 Å². The van der Waals surface area contributed by atoms with E-state index in [1.807, 2.05) is 4.57 Å². The second kappa shape index (κ2) is 4.44. The van der Waals surface area contributed by atoms with Gasteiger partial charge >= 0.3 is 0 Å². The molecule has 0 bridgehead atoms. The lowest BCUT2D eigenvalue weighted by atomic mass is 10.2. The van der Waals surface area contributed by atoms with Crippen LogP contribution < -0.4 is 0 Å². The van der Waals surface area contributed by atoms with Gasteiger partial charge in [0.2, 0.25) is 0 Å². The first-order valence-corrected chi connectivity index (χ1v) is 6.71. The number of aromatic nitrogens is 4. The van der Waals surface area contributed by atoms with Crippen LogP contribution in [0, 0.1) is 0 Å². The number of aliphatic hydroxyl groups excluding tert-OH is 1. The first-order chi connectivity index (χ1) is 8.29. The van der Waals surface area contributed by atoms with Crippen LogP contribution in [0.5, 0.6) is 0 Å². The van der Waals surface area contributed by atoms with Gasteiger partial charge in [0.25, 0.3) is 0 Å². The van der Waals surface area contributed by atoms with E-state index in [2.05, 4.69) is 15.0 Å². The van der Waals surface area contributed by atoms with Gasteiger partial charge in [-0.05, 0) is 12.8 Å². The van der Waals surface area contributed by atoms with Crippen molar-refractivity contribution in [3.8, 4) is 0 Å². The van der Waals surface area contributed by atoms with Crippen LogP contribution >= 0.6 is 23.4 Å². The fourth-order valence-electron chi connectivity index (χ4n) is 2.06. The second-order valence-corrected chi connectivity index (χ2v) is 5.80. The Kier molecular flexibility index (Phi) is 2.94. The van der Waals surface area contributed by atoms with Crippen molar-refractivity contribution in [1.82, 2.24) is 19.5 Å². The first kappa shape index (κ1) is 11.3. The van der Waals surface area contributed by atoms with Crippen molar-refractivity contribution in [2.24, 2.45) is 0 Å². The highest BCUT2D eigenvalue weighted by atomic mass is 35.5. The molecule has 0 saturated carbocycles. The van der Waals surface area contributed by atoms with Crippen LogP contribution in [0.2, 0.25) is 5.15 Å². The van der Waals surface area contributed by atoms with E-state index in [1.54, 1.807) is 18.1 Å². The van der Waals surface area contributed by atoms with Gasteiger partial charge in [0.1, 0.15) is 11.8 Å². The van der Waals surface area contributed by atoms with Crippen molar-refractivity contribution >= 4 is 34.5 Å². The summed E-state index contributed by atoms with van der Waals surface area (Å²) in [5.74, 6) is 0. The third-order valence-corrected chi connectivity index (χ3v) is 4.74. The Morgan fingerprint density at radius 1 is 1.41 bits per heavy atom. The largest absolute Gasteiger partial charge is 0.395 e. The number of nitrogens with zero attached hydrogens (tertiary/aromatic N) is 4. The Labute approximate surface area is 107 Å². The van der Waals surface area contributed by atoms with E-state index >= 15 is 0 Å². The Morgan fingerprint density at radius 3 is 3.06 bits per heavy atom. The summed E-state index contributed by atoms with van der Waals surface area (Å²) in [6, 6.07) is 0. The van der Waals surface area contributed by atoms with Crippen molar-refractivity contribution in [1.29, 1.82) is 0 Å². The van der Waals surface area contributed by atoms with E-state index in [9.17, 15) is 0 Å². The van der Waals surface area contributed by atoms with Crippen LogP contribution in [-0.2, 0) is 0 Å². The van der Waals surface area contributed by atoms with Crippen LogP contribution in [-0.4, -0.2) is 36.5 Å². The summed E-state index contributed by atoms with van der Waals surface area (Å²) in [4.78, 5) is 12.4. The standard InChI is InChI=1S/C10H11ClN4OS/c11-9-8-10(13-4-12-9)15(5-14-8)7-2-1-6(3-16)17-7/h4-7,16H,1-3H2/t6-,7?/m0/s1. The molecule has 2 aromatic rings. The van der Waals surface area contributed by atoms with E-state index in [-0.39, 0.29) is 12.0 Å². The van der Waals surface area contributed by atoms with E-state index in [1.165, 1.54) is 6.33 Å². The molecular weight excluding hydrogens is 260 g/mol. The van der Waals surface area contributed by atoms with Gasteiger partial charge in [-0.15, -0.1) is 11.8 Å². The number of aliphatic hydroxyl groups is 1. The lowest BCUT2D eigenvalue weighted by Crippen LogP contribution is -2.04. The van der Waals surface area contributed by atoms with Crippen molar-refractivity contribution < 1.29 is 5.11 Å². The Hall–Kier alpha value is -0.850. The summed E-state index contributed by atoms with van der Waals surface area (Å²) in [5, 5.41) is 10.1. The number of hydrogen-bond donors (Lipinski definition) is 1. The first-order valence-electron chi connectivity index (χ1n) is 5.39. The number of thioether (sulfide) groups is 1. The average molecular weight is 271 g/mol. The molecule has 1 aliphatic heterocycles. The minimum absolute atomic E-state index is 0.226. The van der Waals surface area contributed by atoms with Crippen molar-refractivity contribution in [3.05, 3.63) is 17.8 Å². The molecule has 3 heterocycles. The predicted molar refractivity (Wildman–Crippen MR) is 67.1 cm³/mol. The van der Waals surface area contributed by atoms with E-state index in [0.717, 1.165) is 18.5 Å². The number of imidazole rings is 1. The van der Waals surface area contributed by atoms with Gasteiger partial charge < -0.3 is 9.67 Å². The molecule has 3 rings (SSSR count). The summed E-state index contributed by atoms with van der Waals surface area (Å²) in [6.07, 6.45) is 5.24. The molecule has 1 N–H and O–H groups in total. The summed E-state index contributed by atoms with van der Waals surface area (Å²) in [6.45, 7) is 0.226. The normalized spacial score (nSPS) is 24.6. The maximum atomic E-state index is 9.15. The molecule has 7 heteroatoms. The molecule has 1 saturated heterocycles. The number of rotatable bonds is 2. The van der Waals surface area contributed by atoms with Crippen LogP contribution in [0.25, 0.3) is 11.2 Å². The van der Waals surface area contributed by atoms with Crippen molar-refractivity contribution in [2.75, 3.05) is 6.61 Å². The summed E-state index contributed by atoms with van der Waals surface area (Å²) >= 11 is 7.72. The maximum Gasteiger partial charge on any atom is 0.165 e. The molecule has 5 nitrogen and oxygen atoms in total. The Bertz CT molecular complexity index is 546. The molecular formula is C10H11ClN4OS. The molecule has 2 atom stereocenters. The highest BCUT2D eigenvalue weighted by Crippen LogP contribution is 2.42. The highest BCUT2D eigenvalue weighted by Gasteiger charge is 2.27. The van der Waals surface area contributed by atoms with Gasteiger partial charge in [0.05, 0.1) is 18.3 Å². The Balaban J connectivity index is 1.99. The fourth-order valence-corrected chi connectivity index (χ4v) is 3.60. The molecule has 0 aliphatic carbocycles. The minimum atomic E-state index is 0.226. The van der Waals surface area contributed by atoms with E-state index in [0.29, 0.717) is 15.9 Å². The quantitative estimate of drug-likeness (QED) is 0.844. The lowest BCUT2D eigenvalue weighted by molar-refractivity contribution is 0.292. The summed E-state index contributed by atoms with van der Waals surface area (Å²) in [7, 11) is 0. The predicted octanol–water partition coefficient (Wildman–Crippen LogP) is 1.87. The molecule has 17 heavy (non-hydrogen) atoms. The number of hydrogen-bond acceptors (Lipinski definition) is 5. The molecule has 0 amide bonds. The fraction of sp³-hybridized carbons (Fsp3) is 0.500. The van der Waals surface area contributed by atoms with Gasteiger partial charge in [-0.2, -0.15) is 0 Å². The zero-order valence-electron chi connectivity index (χ0n) is 8.95. The van der Waals surface area contributed by atoms with Crippen LogP contribution in [0.1, 0.15) is 18.2 Å². The third kappa shape index (κ3) is 1.90. The highest BCUT2D eigenvalue weighted by molar-refractivity contribution is 8.00. The smallest absolute Gasteiger partial charge is 0.165 e. The van der Waals surface area contributed by atoms with Crippen LogP contribution in [0.3, 0.4) is 0 Å². The Morgan fingerprint density at radius 2 is 2.29 bits per heavy atom. The second-order valence-electron chi connectivity index (χ2n) is 3.96. The minimum Gasteiger partial charge on any atom is -0.395 e. The van der Waals surface area contributed by atoms with Crippen LogP contribution in [0.15, 0.2) is 12.7 Å². The van der Waals surface area contributed by atoms with E-state index in [4.69, 9.17) is 16.7 Å². The lowest BCUT2D eigenvalue weighted by Gasteiger charge is -2.11. The summed E-state index contributed by atoms with van der Waals surface area (Å²) < 4.78 is 2.02. The molecule has 2 aromatic heterocycles. The van der Waals surface area contributed by atoms with E-state index < -0.39 is 0 Å². The van der Waals surface area contributed by atoms with Gasteiger partial charge in [-0.25, -0.2) is 15.0 Å². The van der Waals surface area contributed by atoms with Gasteiger partial charge in [-0.3, -0.25) is 0 Å². The number of fused-ring (bicyclic) bond motifs is 1. The number of halogens is 1. The molecule has 0 radical (unpaired) electrons. The van der Waals surface area contributed by atoms with Gasteiger partial charge in [0, 0.05) is 5.25 Å².